The Labute approximate surface area is 112 Å². The fourth-order valence-corrected chi connectivity index (χ4v) is 3.12. The summed E-state index contributed by atoms with van der Waals surface area (Å²) in [5.74, 6) is 0.652. The Hall–Kier alpha value is -0.330. The highest BCUT2D eigenvalue weighted by Crippen LogP contribution is 2.24. The number of rotatable bonds is 5. The van der Waals surface area contributed by atoms with Gasteiger partial charge < -0.3 is 15.0 Å². The van der Waals surface area contributed by atoms with E-state index in [0.29, 0.717) is 18.5 Å². The summed E-state index contributed by atoms with van der Waals surface area (Å²) in [7, 11) is 0. The van der Waals surface area contributed by atoms with Crippen LogP contribution in [0.3, 0.4) is 0 Å². The van der Waals surface area contributed by atoms with Crippen LogP contribution < -0.4 is 5.32 Å². The SMILES string of the molecule is FC(F)(F)COCCN1CCCC(C2CCCN2)C1. The highest BCUT2D eigenvalue weighted by atomic mass is 19.4. The largest absolute Gasteiger partial charge is 0.411 e. The van der Waals surface area contributed by atoms with Gasteiger partial charge in [-0.1, -0.05) is 0 Å². The molecule has 2 atom stereocenters. The van der Waals surface area contributed by atoms with E-state index < -0.39 is 12.8 Å². The highest BCUT2D eigenvalue weighted by molar-refractivity contribution is 4.86. The summed E-state index contributed by atoms with van der Waals surface area (Å²) < 4.78 is 40.5. The molecule has 2 fully saturated rings. The smallest absolute Gasteiger partial charge is 0.371 e. The Kier molecular flexibility index (Phi) is 5.47. The second-order valence-electron chi connectivity index (χ2n) is 5.57. The Bertz CT molecular complexity index is 267. The average Bonchev–Trinajstić information content (AvgIpc) is 2.88. The molecule has 6 heteroatoms. The van der Waals surface area contributed by atoms with Gasteiger partial charge in [-0.2, -0.15) is 13.2 Å². The maximum absolute atomic E-state index is 11.9. The summed E-state index contributed by atoms with van der Waals surface area (Å²) in [5.41, 5.74) is 0. The van der Waals surface area contributed by atoms with Crippen LogP contribution in [0.2, 0.25) is 0 Å². The quantitative estimate of drug-likeness (QED) is 0.780. The van der Waals surface area contributed by atoms with Crippen molar-refractivity contribution >= 4 is 0 Å². The van der Waals surface area contributed by atoms with Gasteiger partial charge in [0.2, 0.25) is 0 Å². The van der Waals surface area contributed by atoms with E-state index in [2.05, 4.69) is 15.0 Å². The van der Waals surface area contributed by atoms with E-state index >= 15 is 0 Å². The minimum absolute atomic E-state index is 0.171. The molecule has 2 aliphatic rings. The van der Waals surface area contributed by atoms with Gasteiger partial charge in [-0.3, -0.25) is 0 Å². The fourth-order valence-electron chi connectivity index (χ4n) is 3.12. The lowest BCUT2D eigenvalue weighted by molar-refractivity contribution is -0.174. The second kappa shape index (κ2) is 6.90. The number of alkyl halides is 3. The molecule has 1 N–H and O–H groups in total. The van der Waals surface area contributed by atoms with Crippen LogP contribution in [0.5, 0.6) is 0 Å². The molecule has 2 heterocycles. The van der Waals surface area contributed by atoms with Crippen LogP contribution in [0.4, 0.5) is 13.2 Å². The molecular formula is C13H23F3N2O. The Morgan fingerprint density at radius 2 is 2.05 bits per heavy atom. The van der Waals surface area contributed by atoms with Gasteiger partial charge in [0.15, 0.2) is 0 Å². The summed E-state index contributed by atoms with van der Waals surface area (Å²) >= 11 is 0. The fraction of sp³-hybridized carbons (Fsp3) is 1.00. The van der Waals surface area contributed by atoms with Gasteiger partial charge in [-0.25, -0.2) is 0 Å². The van der Waals surface area contributed by atoms with Crippen LogP contribution >= 0.6 is 0 Å². The molecule has 0 bridgehead atoms. The molecule has 2 aliphatic heterocycles. The van der Waals surface area contributed by atoms with Crippen molar-refractivity contribution in [2.45, 2.75) is 37.9 Å². The first-order chi connectivity index (χ1) is 9.04. The van der Waals surface area contributed by atoms with Crippen molar-refractivity contribution in [2.75, 3.05) is 39.4 Å². The van der Waals surface area contributed by atoms with Crippen LogP contribution in [-0.2, 0) is 4.74 Å². The number of nitrogens with one attached hydrogen (secondary N) is 1. The van der Waals surface area contributed by atoms with E-state index in [4.69, 9.17) is 0 Å². The van der Waals surface area contributed by atoms with Gasteiger partial charge in [0.05, 0.1) is 6.61 Å². The van der Waals surface area contributed by atoms with Gasteiger partial charge in [-0.05, 0) is 44.7 Å². The highest BCUT2D eigenvalue weighted by Gasteiger charge is 2.30. The minimum atomic E-state index is -4.21. The Morgan fingerprint density at radius 1 is 1.21 bits per heavy atom. The predicted octanol–water partition coefficient (Wildman–Crippen LogP) is 2.03. The van der Waals surface area contributed by atoms with E-state index in [1.807, 2.05) is 0 Å². The lowest BCUT2D eigenvalue weighted by Crippen LogP contribution is -2.44. The minimum Gasteiger partial charge on any atom is -0.371 e. The van der Waals surface area contributed by atoms with Crippen LogP contribution in [0, 0.1) is 5.92 Å². The third-order valence-corrected chi connectivity index (χ3v) is 4.03. The van der Waals surface area contributed by atoms with Crippen LogP contribution in [0.1, 0.15) is 25.7 Å². The lowest BCUT2D eigenvalue weighted by atomic mass is 9.90. The van der Waals surface area contributed by atoms with E-state index in [0.717, 1.165) is 26.1 Å². The molecule has 0 spiro atoms. The van der Waals surface area contributed by atoms with E-state index in [1.165, 1.54) is 19.3 Å². The maximum Gasteiger partial charge on any atom is 0.411 e. The van der Waals surface area contributed by atoms with Gasteiger partial charge in [0.25, 0.3) is 0 Å². The molecule has 3 nitrogen and oxygen atoms in total. The summed E-state index contributed by atoms with van der Waals surface area (Å²) in [6.45, 7) is 2.74. The molecule has 2 unspecified atom stereocenters. The number of hydrogen-bond acceptors (Lipinski definition) is 3. The number of likely N-dealkylation sites (tertiary alicyclic amines) is 1. The van der Waals surface area contributed by atoms with Crippen LogP contribution in [-0.4, -0.2) is 56.5 Å². The zero-order valence-electron chi connectivity index (χ0n) is 11.2. The first kappa shape index (κ1) is 15.1. The van der Waals surface area contributed by atoms with E-state index in [9.17, 15) is 13.2 Å². The zero-order valence-corrected chi connectivity index (χ0v) is 11.2. The van der Waals surface area contributed by atoms with Crippen LogP contribution in [0.25, 0.3) is 0 Å². The molecule has 0 aromatic carbocycles. The Balaban J connectivity index is 1.63. The summed E-state index contributed by atoms with van der Waals surface area (Å²) in [5, 5.41) is 3.53. The van der Waals surface area contributed by atoms with Crippen molar-refractivity contribution in [2.24, 2.45) is 5.92 Å². The summed E-state index contributed by atoms with van der Waals surface area (Å²) in [6, 6.07) is 0.610. The van der Waals surface area contributed by atoms with Crippen molar-refractivity contribution in [1.29, 1.82) is 0 Å². The third-order valence-electron chi connectivity index (χ3n) is 4.03. The molecule has 0 aromatic heterocycles. The number of halogens is 3. The van der Waals surface area contributed by atoms with E-state index in [1.54, 1.807) is 0 Å². The number of ether oxygens (including phenoxy) is 1. The molecule has 2 saturated heterocycles. The molecule has 0 amide bonds. The van der Waals surface area contributed by atoms with Gasteiger partial charge in [0, 0.05) is 19.1 Å². The van der Waals surface area contributed by atoms with Crippen molar-refractivity contribution < 1.29 is 17.9 Å². The Morgan fingerprint density at radius 3 is 2.74 bits per heavy atom. The molecule has 0 radical (unpaired) electrons. The van der Waals surface area contributed by atoms with Gasteiger partial charge in [-0.15, -0.1) is 0 Å². The topological polar surface area (TPSA) is 24.5 Å². The van der Waals surface area contributed by atoms with Crippen LogP contribution in [0.15, 0.2) is 0 Å². The first-order valence-corrected chi connectivity index (χ1v) is 7.15. The van der Waals surface area contributed by atoms with Gasteiger partial charge >= 0.3 is 6.18 Å². The molecule has 2 rings (SSSR count). The van der Waals surface area contributed by atoms with Crippen molar-refractivity contribution in [3.8, 4) is 0 Å². The predicted molar refractivity (Wildman–Crippen MR) is 67.1 cm³/mol. The van der Waals surface area contributed by atoms with Gasteiger partial charge in [0.1, 0.15) is 6.61 Å². The van der Waals surface area contributed by atoms with E-state index in [-0.39, 0.29) is 6.61 Å². The molecule has 0 saturated carbocycles. The number of piperidine rings is 1. The molecule has 0 aromatic rings. The first-order valence-electron chi connectivity index (χ1n) is 7.15. The third kappa shape index (κ3) is 5.28. The standard InChI is InChI=1S/C13H23F3N2O/c14-13(15,16)10-19-8-7-18-6-2-3-11(9-18)12-4-1-5-17-12/h11-12,17H,1-10H2. The number of nitrogens with zero attached hydrogens (tertiary/aromatic N) is 1. The normalized spacial score (nSPS) is 29.8. The molecule has 0 aliphatic carbocycles. The molecule has 19 heavy (non-hydrogen) atoms. The second-order valence-corrected chi connectivity index (χ2v) is 5.57. The zero-order chi connectivity index (χ0) is 13.7. The monoisotopic (exact) mass is 280 g/mol. The lowest BCUT2D eigenvalue weighted by Gasteiger charge is -2.35. The molecular weight excluding hydrogens is 257 g/mol. The summed E-state index contributed by atoms with van der Waals surface area (Å²) in [4.78, 5) is 2.24. The maximum atomic E-state index is 11.9. The summed E-state index contributed by atoms with van der Waals surface area (Å²) in [6.07, 6.45) is 0.650. The average molecular weight is 280 g/mol. The molecule has 112 valence electrons. The van der Waals surface area contributed by atoms with Crippen molar-refractivity contribution in [1.82, 2.24) is 10.2 Å². The van der Waals surface area contributed by atoms with Crippen molar-refractivity contribution in [3.05, 3.63) is 0 Å². The number of hydrogen-bond donors (Lipinski definition) is 1. The van der Waals surface area contributed by atoms with Crippen molar-refractivity contribution in [3.63, 3.8) is 0 Å².